The third-order valence-electron chi connectivity index (χ3n) is 4.57. The molecule has 0 radical (unpaired) electrons. The fraction of sp³-hybridized carbons (Fsp3) is 0.333. The second kappa shape index (κ2) is 6.44. The van der Waals surface area contributed by atoms with E-state index >= 15 is 0 Å². The van der Waals surface area contributed by atoms with Crippen LogP contribution in [-0.4, -0.2) is 28.9 Å². The van der Waals surface area contributed by atoms with E-state index in [1.807, 2.05) is 12.1 Å². The van der Waals surface area contributed by atoms with E-state index in [0.717, 1.165) is 35.0 Å². The highest BCUT2D eigenvalue weighted by molar-refractivity contribution is 7.89. The zero-order valence-electron chi connectivity index (χ0n) is 14.3. The van der Waals surface area contributed by atoms with E-state index in [4.69, 9.17) is 0 Å². The van der Waals surface area contributed by atoms with Crippen LogP contribution in [0.3, 0.4) is 0 Å². The van der Waals surface area contributed by atoms with Gasteiger partial charge in [-0.05, 0) is 50.1 Å². The van der Waals surface area contributed by atoms with Gasteiger partial charge in [-0.15, -0.1) is 0 Å². The molecule has 2 heterocycles. The molecule has 1 saturated carbocycles. The van der Waals surface area contributed by atoms with Gasteiger partial charge in [0.2, 0.25) is 10.0 Å². The largest absolute Gasteiger partial charge is 0.337 e. The van der Waals surface area contributed by atoms with E-state index in [1.54, 1.807) is 25.3 Å². The van der Waals surface area contributed by atoms with Gasteiger partial charge in [-0.2, -0.15) is 10.2 Å². The summed E-state index contributed by atoms with van der Waals surface area (Å²) >= 11 is 0. The SMILES string of the molecule is CCS(=O)(=O)NCc1cc(-c2cc3ccc(F)cc3n2C2CC2)cnn1. The van der Waals surface area contributed by atoms with E-state index < -0.39 is 10.0 Å². The van der Waals surface area contributed by atoms with Crippen molar-refractivity contribution in [3.05, 3.63) is 48.0 Å². The lowest BCUT2D eigenvalue weighted by Gasteiger charge is -2.10. The number of nitrogens with zero attached hydrogens (tertiary/aromatic N) is 3. The van der Waals surface area contributed by atoms with Crippen molar-refractivity contribution in [3.8, 4) is 11.3 Å². The molecule has 8 heteroatoms. The molecule has 0 spiro atoms. The molecule has 0 amide bonds. The number of rotatable bonds is 6. The van der Waals surface area contributed by atoms with E-state index in [2.05, 4.69) is 19.5 Å². The molecule has 1 aliphatic rings. The van der Waals surface area contributed by atoms with Crippen LogP contribution >= 0.6 is 0 Å². The third-order valence-corrected chi connectivity index (χ3v) is 5.91. The molecule has 3 aromatic rings. The molecule has 0 aliphatic heterocycles. The summed E-state index contributed by atoms with van der Waals surface area (Å²) in [5.41, 5.74) is 3.20. The maximum absolute atomic E-state index is 13.7. The van der Waals surface area contributed by atoms with Crippen molar-refractivity contribution in [2.45, 2.75) is 32.4 Å². The minimum atomic E-state index is -3.30. The van der Waals surface area contributed by atoms with Crippen molar-refractivity contribution in [2.75, 3.05) is 5.75 Å². The number of nitrogens with one attached hydrogen (secondary N) is 1. The Morgan fingerprint density at radius 2 is 2.08 bits per heavy atom. The molecule has 6 nitrogen and oxygen atoms in total. The molecule has 1 aliphatic carbocycles. The standard InChI is InChI=1S/C18H19FN4O2S/c1-2-26(24,25)21-11-15-7-13(10-20-22-15)17-8-12-3-4-14(19)9-18(12)23(17)16-5-6-16/h3-4,7-10,16,21H,2,5-6,11H2,1H3. The van der Waals surface area contributed by atoms with Crippen molar-refractivity contribution in [3.63, 3.8) is 0 Å². The maximum Gasteiger partial charge on any atom is 0.211 e. The fourth-order valence-electron chi connectivity index (χ4n) is 3.07. The summed E-state index contributed by atoms with van der Waals surface area (Å²) in [7, 11) is -3.30. The Balaban J connectivity index is 1.74. The zero-order chi connectivity index (χ0) is 18.3. The van der Waals surface area contributed by atoms with Gasteiger partial charge in [-0.25, -0.2) is 17.5 Å². The predicted molar refractivity (Wildman–Crippen MR) is 97.5 cm³/mol. The van der Waals surface area contributed by atoms with Crippen molar-refractivity contribution < 1.29 is 12.8 Å². The van der Waals surface area contributed by atoms with Gasteiger partial charge in [0.25, 0.3) is 0 Å². The van der Waals surface area contributed by atoms with Crippen molar-refractivity contribution >= 4 is 20.9 Å². The third kappa shape index (κ3) is 3.34. The molecule has 0 bridgehead atoms. The molecule has 1 N–H and O–H groups in total. The maximum atomic E-state index is 13.7. The van der Waals surface area contributed by atoms with Crippen LogP contribution in [0.25, 0.3) is 22.2 Å². The molecule has 0 unspecified atom stereocenters. The molecule has 0 atom stereocenters. The van der Waals surface area contributed by atoms with E-state index in [0.29, 0.717) is 11.7 Å². The number of hydrogen-bond donors (Lipinski definition) is 1. The molecule has 1 fully saturated rings. The van der Waals surface area contributed by atoms with Crippen LogP contribution in [0.1, 0.15) is 31.5 Å². The van der Waals surface area contributed by atoms with Crippen LogP contribution in [0.4, 0.5) is 4.39 Å². The fourth-order valence-corrected chi connectivity index (χ4v) is 3.64. The number of fused-ring (bicyclic) bond motifs is 1. The molecule has 136 valence electrons. The highest BCUT2D eigenvalue weighted by atomic mass is 32.2. The van der Waals surface area contributed by atoms with Gasteiger partial charge in [0.05, 0.1) is 35.4 Å². The Morgan fingerprint density at radius 3 is 2.81 bits per heavy atom. The van der Waals surface area contributed by atoms with Crippen LogP contribution < -0.4 is 4.72 Å². The highest BCUT2D eigenvalue weighted by Crippen LogP contribution is 2.42. The smallest absolute Gasteiger partial charge is 0.211 e. The van der Waals surface area contributed by atoms with Crippen LogP contribution in [0.15, 0.2) is 36.5 Å². The van der Waals surface area contributed by atoms with Gasteiger partial charge in [0.1, 0.15) is 5.82 Å². The lowest BCUT2D eigenvalue weighted by molar-refractivity contribution is 0.581. The van der Waals surface area contributed by atoms with Gasteiger partial charge in [-0.3, -0.25) is 0 Å². The quantitative estimate of drug-likeness (QED) is 0.720. The summed E-state index contributed by atoms with van der Waals surface area (Å²) in [4.78, 5) is 0. The first-order chi connectivity index (χ1) is 12.5. The summed E-state index contributed by atoms with van der Waals surface area (Å²) in [6, 6.07) is 9.00. The van der Waals surface area contributed by atoms with Crippen molar-refractivity contribution in [1.29, 1.82) is 0 Å². The summed E-state index contributed by atoms with van der Waals surface area (Å²) in [6.07, 6.45) is 3.78. The number of benzene rings is 1. The Hall–Kier alpha value is -2.32. The molecule has 1 aromatic carbocycles. The number of hydrogen-bond acceptors (Lipinski definition) is 4. The number of sulfonamides is 1. The summed E-state index contributed by atoms with van der Waals surface area (Å²) < 4.78 is 41.6. The minimum absolute atomic E-state index is 0.0155. The molecular formula is C18H19FN4O2S. The van der Waals surface area contributed by atoms with Crippen LogP contribution in [0, 0.1) is 5.82 Å². The lowest BCUT2D eigenvalue weighted by atomic mass is 10.2. The lowest BCUT2D eigenvalue weighted by Crippen LogP contribution is -2.25. The van der Waals surface area contributed by atoms with Gasteiger partial charge in [-0.1, -0.05) is 0 Å². The first-order valence-electron chi connectivity index (χ1n) is 8.56. The summed E-state index contributed by atoms with van der Waals surface area (Å²) in [6.45, 7) is 1.67. The second-order valence-corrected chi connectivity index (χ2v) is 8.59. The van der Waals surface area contributed by atoms with Crippen molar-refractivity contribution in [2.24, 2.45) is 0 Å². The Bertz CT molecular complexity index is 1070. The second-order valence-electron chi connectivity index (χ2n) is 6.49. The van der Waals surface area contributed by atoms with Crippen LogP contribution in [0.5, 0.6) is 0 Å². The van der Waals surface area contributed by atoms with Gasteiger partial charge in [0.15, 0.2) is 0 Å². The van der Waals surface area contributed by atoms with Crippen LogP contribution in [0.2, 0.25) is 0 Å². The Morgan fingerprint density at radius 1 is 1.27 bits per heavy atom. The first-order valence-corrected chi connectivity index (χ1v) is 10.2. The molecule has 26 heavy (non-hydrogen) atoms. The summed E-state index contributed by atoms with van der Waals surface area (Å²) in [5.74, 6) is -0.242. The molecule has 0 saturated heterocycles. The van der Waals surface area contributed by atoms with Gasteiger partial charge < -0.3 is 4.57 Å². The van der Waals surface area contributed by atoms with Crippen LogP contribution in [-0.2, 0) is 16.6 Å². The van der Waals surface area contributed by atoms with E-state index in [9.17, 15) is 12.8 Å². The number of halogens is 1. The Labute approximate surface area is 151 Å². The molecular weight excluding hydrogens is 355 g/mol. The monoisotopic (exact) mass is 374 g/mol. The molecule has 4 rings (SSSR count). The zero-order valence-corrected chi connectivity index (χ0v) is 15.1. The van der Waals surface area contributed by atoms with Gasteiger partial charge in [0, 0.05) is 17.0 Å². The summed E-state index contributed by atoms with van der Waals surface area (Å²) in [5, 5.41) is 9.01. The normalized spacial score (nSPS) is 14.8. The highest BCUT2D eigenvalue weighted by Gasteiger charge is 2.28. The average molecular weight is 374 g/mol. The van der Waals surface area contributed by atoms with Gasteiger partial charge >= 0.3 is 0 Å². The van der Waals surface area contributed by atoms with Crippen molar-refractivity contribution in [1.82, 2.24) is 19.5 Å². The number of aromatic nitrogens is 3. The topological polar surface area (TPSA) is 76.9 Å². The van der Waals surface area contributed by atoms with E-state index in [-0.39, 0.29) is 18.1 Å². The Kier molecular flexibility index (Phi) is 4.24. The molecule has 2 aromatic heterocycles. The average Bonchev–Trinajstić information content (AvgIpc) is 3.40. The predicted octanol–water partition coefficient (Wildman–Crippen LogP) is 3.01. The minimum Gasteiger partial charge on any atom is -0.337 e. The van der Waals surface area contributed by atoms with E-state index in [1.165, 1.54) is 6.07 Å². The first kappa shape index (κ1) is 17.1.